The number of fused-ring (bicyclic) bond motifs is 2. The lowest BCUT2D eigenvalue weighted by Crippen LogP contribution is -2.53. The average Bonchev–Trinajstić information content (AvgIpc) is 3.93. The Morgan fingerprint density at radius 3 is 1.43 bits per heavy atom. The van der Waals surface area contributed by atoms with Gasteiger partial charge in [0.15, 0.2) is 0 Å². The van der Waals surface area contributed by atoms with Crippen LogP contribution in [-0.4, -0.2) is 119 Å². The first kappa shape index (κ1) is 40.8. The minimum atomic E-state index is -0.993. The molecule has 302 valence electrons. The van der Waals surface area contributed by atoms with Gasteiger partial charge in [0.25, 0.3) is 0 Å². The quantitative estimate of drug-likeness (QED) is 0.146. The Morgan fingerprint density at radius 2 is 1.09 bits per heavy atom. The highest BCUT2D eigenvalue weighted by atomic mass is 19.1. The minimum Gasteiger partial charge on any atom is -0.460 e. The van der Waals surface area contributed by atoms with Gasteiger partial charge in [0.2, 0.25) is 11.8 Å². The molecule has 2 aliphatic heterocycles. The van der Waals surface area contributed by atoms with Crippen molar-refractivity contribution >= 4 is 45.6 Å². The number of hydrogen-bond acceptors (Lipinski definition) is 10. The van der Waals surface area contributed by atoms with E-state index in [2.05, 4.69) is 9.97 Å². The van der Waals surface area contributed by atoms with E-state index < -0.39 is 72.2 Å². The van der Waals surface area contributed by atoms with E-state index in [1.165, 1.54) is 52.3 Å². The zero-order valence-electron chi connectivity index (χ0n) is 32.4. The fourth-order valence-electron chi connectivity index (χ4n) is 8.18. The maximum atomic E-state index is 14.8. The number of esters is 2. The van der Waals surface area contributed by atoms with Crippen molar-refractivity contribution in [2.24, 2.45) is 11.5 Å². The van der Waals surface area contributed by atoms with Crippen molar-refractivity contribution in [3.63, 3.8) is 0 Å². The minimum absolute atomic E-state index is 0.149. The smallest absolute Gasteiger partial charge is 0.302 e. The van der Waals surface area contributed by atoms with Gasteiger partial charge >= 0.3 is 11.9 Å². The molecule has 2 aromatic carbocycles. The SMILES string of the molecule is CO[C@H](C)C(N)C(=O)N1CC[C@H](OC(C)=O)[C@H]1Cc1c(-c2[nH]c3cc(F)ccc3c2C[C@@H]2[C@@H](OC(C)=O)CCN2C(=O)[C@@H](N)[C@@H](C)OC)[nH]c2cc(F)ccc12. The Hall–Kier alpha value is -4.90. The molecule has 4 aromatic rings. The second-order valence-corrected chi connectivity index (χ2v) is 14.7. The summed E-state index contributed by atoms with van der Waals surface area (Å²) < 4.78 is 51.9. The lowest BCUT2D eigenvalue weighted by molar-refractivity contribution is -0.150. The predicted molar refractivity (Wildman–Crippen MR) is 203 cm³/mol. The van der Waals surface area contributed by atoms with E-state index in [4.69, 9.17) is 30.4 Å². The van der Waals surface area contributed by atoms with Gasteiger partial charge < -0.3 is 50.2 Å². The summed E-state index contributed by atoms with van der Waals surface area (Å²) in [5.41, 5.74) is 15.9. The summed E-state index contributed by atoms with van der Waals surface area (Å²) in [7, 11) is 2.93. The van der Waals surface area contributed by atoms with Crippen molar-refractivity contribution in [2.75, 3.05) is 27.3 Å². The standard InChI is InChI=1S/C40H50F2N6O8/c1-19(53-5)35(43)39(51)47-13-11-33(55-21(3)49)31(47)17-27-25-9-7-23(41)15-29(25)45-37(27)38-28(26-10-8-24(42)16-30(26)46-38)18-32-34(56-22(4)50)12-14-48(32)40(52)36(44)20(2)54-6/h7-10,15-16,19-20,31-36,45-46H,11-14,17-18,43-44H2,1-6H3/t19-,20-,31-,32-,33+,34+,35+,36?/m1/s1. The summed E-state index contributed by atoms with van der Waals surface area (Å²) in [5.74, 6) is -2.76. The number of H-pyrrole nitrogens is 2. The number of amides is 2. The number of nitrogens with two attached hydrogens (primary N) is 2. The number of carbonyl (C=O) groups is 4. The van der Waals surface area contributed by atoms with Crippen LogP contribution < -0.4 is 11.5 Å². The van der Waals surface area contributed by atoms with E-state index in [0.29, 0.717) is 57.2 Å². The van der Waals surface area contributed by atoms with Gasteiger partial charge in [-0.25, -0.2) is 8.78 Å². The molecule has 6 N–H and O–H groups in total. The van der Waals surface area contributed by atoms with Crippen LogP contribution in [0.3, 0.4) is 0 Å². The molecule has 0 saturated carbocycles. The van der Waals surface area contributed by atoms with Gasteiger partial charge in [-0.05, 0) is 74.2 Å². The lowest BCUT2D eigenvalue weighted by Gasteiger charge is -2.32. The molecule has 0 bridgehead atoms. The first-order valence-corrected chi connectivity index (χ1v) is 18.8. The van der Waals surface area contributed by atoms with Gasteiger partial charge in [0, 0.05) is 75.8 Å². The molecule has 6 rings (SSSR count). The van der Waals surface area contributed by atoms with Crippen LogP contribution in [-0.2, 0) is 51.0 Å². The molecule has 8 atom stereocenters. The molecular formula is C40H50F2N6O8. The second-order valence-electron chi connectivity index (χ2n) is 14.7. The van der Waals surface area contributed by atoms with Crippen molar-refractivity contribution in [3.05, 3.63) is 59.2 Å². The van der Waals surface area contributed by atoms with Crippen molar-refractivity contribution in [1.82, 2.24) is 19.8 Å². The van der Waals surface area contributed by atoms with E-state index in [1.807, 2.05) is 0 Å². The lowest BCUT2D eigenvalue weighted by atomic mass is 9.93. The molecule has 0 spiro atoms. The summed E-state index contributed by atoms with van der Waals surface area (Å²) in [4.78, 5) is 62.4. The van der Waals surface area contributed by atoms with Gasteiger partial charge in [-0.2, -0.15) is 0 Å². The monoisotopic (exact) mass is 780 g/mol. The zero-order valence-corrected chi connectivity index (χ0v) is 32.4. The fourth-order valence-corrected chi connectivity index (χ4v) is 8.18. The number of aromatic nitrogens is 2. The Balaban J connectivity index is 1.51. The number of nitrogens with one attached hydrogen (secondary N) is 2. The van der Waals surface area contributed by atoms with Gasteiger partial charge in [-0.1, -0.05) is 0 Å². The summed E-state index contributed by atoms with van der Waals surface area (Å²) in [6.07, 6.45) is -1.54. The number of hydrogen-bond donors (Lipinski definition) is 4. The third kappa shape index (κ3) is 8.01. The number of benzene rings is 2. The molecule has 0 aliphatic carbocycles. The number of carbonyl (C=O) groups excluding carboxylic acids is 4. The maximum absolute atomic E-state index is 14.8. The molecule has 2 aliphatic rings. The van der Waals surface area contributed by atoms with Gasteiger partial charge in [0.05, 0.1) is 35.7 Å². The summed E-state index contributed by atoms with van der Waals surface area (Å²) in [6, 6.07) is 5.31. The highest BCUT2D eigenvalue weighted by Gasteiger charge is 2.44. The van der Waals surface area contributed by atoms with Crippen LogP contribution in [0, 0.1) is 11.6 Å². The number of halogens is 2. The van der Waals surface area contributed by atoms with Crippen molar-refractivity contribution in [3.8, 4) is 11.4 Å². The Kier molecular flexibility index (Phi) is 12.1. The first-order valence-electron chi connectivity index (χ1n) is 18.8. The highest BCUT2D eigenvalue weighted by molar-refractivity contribution is 5.96. The van der Waals surface area contributed by atoms with Gasteiger partial charge in [-0.15, -0.1) is 0 Å². The molecule has 2 saturated heterocycles. The van der Waals surface area contributed by atoms with Crippen LogP contribution >= 0.6 is 0 Å². The molecule has 2 aromatic heterocycles. The van der Waals surface area contributed by atoms with Crippen LogP contribution in [0.5, 0.6) is 0 Å². The molecule has 16 heteroatoms. The third-order valence-electron chi connectivity index (χ3n) is 11.3. The first-order chi connectivity index (χ1) is 26.6. The highest BCUT2D eigenvalue weighted by Crippen LogP contribution is 2.40. The van der Waals surface area contributed by atoms with E-state index >= 15 is 0 Å². The number of rotatable bonds is 13. The number of ether oxygens (including phenoxy) is 4. The molecule has 1 unspecified atom stereocenters. The maximum Gasteiger partial charge on any atom is 0.302 e. The Morgan fingerprint density at radius 1 is 0.714 bits per heavy atom. The second kappa shape index (κ2) is 16.7. The predicted octanol–water partition coefficient (Wildman–Crippen LogP) is 3.47. The summed E-state index contributed by atoms with van der Waals surface area (Å²) >= 11 is 0. The molecule has 14 nitrogen and oxygen atoms in total. The third-order valence-corrected chi connectivity index (χ3v) is 11.3. The van der Waals surface area contributed by atoms with Crippen LogP contribution in [0.25, 0.3) is 33.2 Å². The number of methoxy groups -OCH3 is 2. The topological polar surface area (TPSA) is 195 Å². The van der Waals surface area contributed by atoms with Crippen LogP contribution in [0.15, 0.2) is 36.4 Å². The molecule has 4 heterocycles. The fraction of sp³-hybridized carbons (Fsp3) is 0.500. The Bertz CT molecular complexity index is 1970. The van der Waals surface area contributed by atoms with E-state index in [9.17, 15) is 28.0 Å². The molecule has 2 fully saturated rings. The molecule has 0 radical (unpaired) electrons. The molecule has 56 heavy (non-hydrogen) atoms. The van der Waals surface area contributed by atoms with E-state index in [0.717, 1.165) is 0 Å². The number of aromatic amines is 2. The van der Waals surface area contributed by atoms with Gasteiger partial charge in [0.1, 0.15) is 35.9 Å². The van der Waals surface area contributed by atoms with Crippen LogP contribution in [0.4, 0.5) is 8.78 Å². The molecule has 2 amide bonds. The normalized spacial score (nSPS) is 22.0. The van der Waals surface area contributed by atoms with Crippen LogP contribution in [0.1, 0.15) is 51.7 Å². The van der Waals surface area contributed by atoms with E-state index in [1.54, 1.807) is 35.8 Å². The van der Waals surface area contributed by atoms with Crippen LogP contribution in [0.2, 0.25) is 0 Å². The van der Waals surface area contributed by atoms with Crippen molar-refractivity contribution < 1.29 is 46.9 Å². The number of likely N-dealkylation sites (tertiary alicyclic amines) is 2. The van der Waals surface area contributed by atoms with Crippen molar-refractivity contribution in [2.45, 2.75) is 102 Å². The van der Waals surface area contributed by atoms with E-state index in [-0.39, 0.29) is 37.7 Å². The zero-order chi connectivity index (χ0) is 40.6. The summed E-state index contributed by atoms with van der Waals surface area (Å²) in [5, 5.41) is 1.28. The largest absolute Gasteiger partial charge is 0.460 e. The Labute approximate surface area is 323 Å². The summed E-state index contributed by atoms with van der Waals surface area (Å²) in [6.45, 7) is 6.53. The number of nitrogens with zero attached hydrogens (tertiary/aromatic N) is 2. The average molecular weight is 781 g/mol. The molecular weight excluding hydrogens is 730 g/mol. The van der Waals surface area contributed by atoms with Gasteiger partial charge in [-0.3, -0.25) is 19.2 Å². The van der Waals surface area contributed by atoms with Crippen molar-refractivity contribution in [1.29, 1.82) is 0 Å².